The molecule has 1 aromatic heterocycles. The van der Waals surface area contributed by atoms with E-state index in [1.165, 1.54) is 4.90 Å². The molecule has 44 heavy (non-hydrogen) atoms. The number of allylic oxidation sites excluding steroid dienone is 1. The van der Waals surface area contributed by atoms with Gasteiger partial charge in [-0.2, -0.15) is 0 Å². The minimum absolute atomic E-state index is 0.0978. The SMILES string of the molecule is C#[N+][C@@]12C(=O)CO[C@@H]1[C@H](/C=C(/C)Br)CN2C(=O)C1(NC(=O)c2ccc(-c3csc(N4CCN(C)CC4)n3)cc2)CC1C(C)C. The van der Waals surface area contributed by atoms with E-state index in [0.717, 1.165) is 47.1 Å². The molecule has 5 atom stereocenters. The number of aromatic nitrogens is 1. The van der Waals surface area contributed by atoms with Crippen LogP contribution in [-0.2, 0) is 14.3 Å². The van der Waals surface area contributed by atoms with E-state index in [-0.39, 0.29) is 48.5 Å². The monoisotopic (exact) mass is 681 g/mol. The molecule has 4 fully saturated rings. The van der Waals surface area contributed by atoms with Crippen LogP contribution in [-0.4, -0.2) is 96.1 Å². The number of hydrogen-bond donors (Lipinski definition) is 1. The van der Waals surface area contributed by atoms with Crippen molar-refractivity contribution < 1.29 is 19.1 Å². The van der Waals surface area contributed by atoms with Crippen LogP contribution in [0.5, 0.6) is 0 Å². The summed E-state index contributed by atoms with van der Waals surface area (Å²) in [4.78, 5) is 56.2. The minimum atomic E-state index is -1.61. The number of nitrogens with one attached hydrogen (secondary N) is 1. The number of likely N-dealkylation sites (N-methyl/N-ethyl adjacent to an activating group) is 1. The van der Waals surface area contributed by atoms with Crippen molar-refractivity contribution in [3.63, 3.8) is 0 Å². The molecule has 2 aromatic rings. The quantitative estimate of drug-likeness (QED) is 0.470. The molecule has 1 aromatic carbocycles. The maximum atomic E-state index is 14.4. The van der Waals surface area contributed by atoms with Gasteiger partial charge < -0.3 is 19.9 Å². The Morgan fingerprint density at radius 2 is 1.93 bits per heavy atom. The van der Waals surface area contributed by atoms with E-state index in [9.17, 15) is 14.4 Å². The summed E-state index contributed by atoms with van der Waals surface area (Å²) in [5.41, 5.74) is -0.538. The lowest BCUT2D eigenvalue weighted by molar-refractivity contribution is -0.142. The summed E-state index contributed by atoms with van der Waals surface area (Å²) in [6, 6.07) is 7.31. The van der Waals surface area contributed by atoms with Crippen LogP contribution in [0.4, 0.5) is 5.13 Å². The molecule has 0 radical (unpaired) electrons. The Balaban J connectivity index is 1.22. The highest BCUT2D eigenvalue weighted by atomic mass is 79.9. The lowest BCUT2D eigenvalue weighted by atomic mass is 9.95. The lowest BCUT2D eigenvalue weighted by Crippen LogP contribution is -2.60. The molecule has 0 bridgehead atoms. The number of rotatable bonds is 7. The highest BCUT2D eigenvalue weighted by molar-refractivity contribution is 9.11. The zero-order valence-corrected chi connectivity index (χ0v) is 27.9. The van der Waals surface area contributed by atoms with Crippen LogP contribution < -0.4 is 10.2 Å². The predicted octanol–water partition coefficient (Wildman–Crippen LogP) is 4.09. The fourth-order valence-corrected chi connectivity index (χ4v) is 8.22. The fraction of sp³-hybridized carbons (Fsp3) is 0.531. The predicted molar refractivity (Wildman–Crippen MR) is 174 cm³/mol. The molecule has 2 unspecified atom stereocenters. The number of thiazole rings is 1. The molecular weight excluding hydrogens is 644 g/mol. The Kier molecular flexibility index (Phi) is 8.20. The molecule has 12 heteroatoms. The van der Waals surface area contributed by atoms with Crippen molar-refractivity contribution in [1.82, 2.24) is 20.1 Å². The third kappa shape index (κ3) is 5.17. The first-order valence-corrected chi connectivity index (χ1v) is 16.7. The lowest BCUT2D eigenvalue weighted by Gasteiger charge is -2.32. The smallest absolute Gasteiger partial charge is 0.358 e. The zero-order chi connectivity index (χ0) is 31.4. The van der Waals surface area contributed by atoms with Crippen molar-refractivity contribution in [1.29, 1.82) is 0 Å². The van der Waals surface area contributed by atoms with Gasteiger partial charge in [-0.15, -0.1) is 11.3 Å². The van der Waals surface area contributed by atoms with Crippen LogP contribution in [0.1, 0.15) is 37.6 Å². The van der Waals surface area contributed by atoms with Crippen molar-refractivity contribution in [2.75, 3.05) is 51.3 Å². The highest BCUT2D eigenvalue weighted by Gasteiger charge is 2.77. The van der Waals surface area contributed by atoms with Gasteiger partial charge in [0.1, 0.15) is 12.1 Å². The third-order valence-electron chi connectivity index (χ3n) is 9.53. The maximum absolute atomic E-state index is 14.4. The number of anilines is 1. The van der Waals surface area contributed by atoms with E-state index >= 15 is 0 Å². The van der Waals surface area contributed by atoms with E-state index in [1.807, 2.05) is 44.4 Å². The number of ether oxygens (including phenoxy) is 1. The Morgan fingerprint density at radius 3 is 2.55 bits per heavy atom. The number of nitrogens with zero attached hydrogens (tertiary/aromatic N) is 5. The van der Waals surface area contributed by atoms with E-state index in [4.69, 9.17) is 16.3 Å². The Bertz CT molecular complexity index is 1540. The van der Waals surface area contributed by atoms with Crippen LogP contribution in [0.2, 0.25) is 0 Å². The number of fused-ring (bicyclic) bond motifs is 1. The van der Waals surface area contributed by atoms with Gasteiger partial charge in [-0.25, -0.2) is 4.98 Å². The maximum Gasteiger partial charge on any atom is 0.444 e. The number of likely N-dealkylation sites (tertiary alicyclic amines) is 1. The summed E-state index contributed by atoms with van der Waals surface area (Å²) >= 11 is 5.09. The zero-order valence-electron chi connectivity index (χ0n) is 25.5. The average Bonchev–Trinajstić information content (AvgIpc) is 3.26. The molecule has 1 aliphatic carbocycles. The first kappa shape index (κ1) is 30.9. The van der Waals surface area contributed by atoms with Crippen molar-refractivity contribution in [3.8, 4) is 17.8 Å². The number of amides is 2. The number of halogens is 1. The normalized spacial score (nSPS) is 30.4. The standard InChI is InChI=1S/C32H37BrN6O4S/c1-19(2)24-15-31(24,29(42)39-16-23(14-20(3)33)27-32(39,34-4)26(40)17-43-27)36-28(41)22-8-6-21(7-9-22)25-18-44-30(35-25)38-12-10-37(5)11-13-38/h4,6-9,14,18-19,23-24,27H,10-13,15-17H2,1-3,5H3/p+1/b20-14-/t23-,24?,27-,31?,32-/m1/s1. The van der Waals surface area contributed by atoms with Gasteiger partial charge in [0.15, 0.2) is 11.2 Å². The van der Waals surface area contributed by atoms with Crippen LogP contribution in [0.3, 0.4) is 0 Å². The molecule has 1 saturated carbocycles. The molecule has 2 amide bonds. The van der Waals surface area contributed by atoms with Crippen LogP contribution in [0.15, 0.2) is 40.2 Å². The highest BCUT2D eigenvalue weighted by Crippen LogP contribution is 2.53. The average molecular weight is 683 g/mol. The summed E-state index contributed by atoms with van der Waals surface area (Å²) in [6.07, 6.45) is 1.71. The van der Waals surface area contributed by atoms with Gasteiger partial charge in [-0.05, 0) is 53.7 Å². The second-order valence-corrected chi connectivity index (χ2v) is 14.8. The summed E-state index contributed by atoms with van der Waals surface area (Å²) in [5.74, 6) is -1.29. The summed E-state index contributed by atoms with van der Waals surface area (Å²) in [7, 11) is 2.13. The fourth-order valence-electron chi connectivity index (χ4n) is 6.99. The largest absolute Gasteiger partial charge is 0.444 e. The molecule has 6 rings (SSSR count). The van der Waals surface area contributed by atoms with Gasteiger partial charge >= 0.3 is 5.66 Å². The number of benzene rings is 1. The van der Waals surface area contributed by atoms with Gasteiger partial charge in [0.2, 0.25) is 0 Å². The van der Waals surface area contributed by atoms with E-state index < -0.39 is 17.3 Å². The summed E-state index contributed by atoms with van der Waals surface area (Å²) in [6.45, 7) is 15.8. The van der Waals surface area contributed by atoms with Crippen molar-refractivity contribution >= 4 is 50.0 Å². The van der Waals surface area contributed by atoms with E-state index in [1.54, 1.807) is 23.5 Å². The van der Waals surface area contributed by atoms with Gasteiger partial charge in [-0.1, -0.05) is 48.0 Å². The topological polar surface area (TPSA) is 99.4 Å². The molecule has 10 nitrogen and oxygen atoms in total. The number of ketones is 1. The Labute approximate surface area is 270 Å². The van der Waals surface area contributed by atoms with Gasteiger partial charge in [0, 0.05) is 55.1 Å². The van der Waals surface area contributed by atoms with Crippen LogP contribution >= 0.6 is 27.3 Å². The van der Waals surface area contributed by atoms with Gasteiger partial charge in [0.05, 0.1) is 5.69 Å². The van der Waals surface area contributed by atoms with E-state index in [2.05, 4.69) is 42.9 Å². The number of hydrogen-bond acceptors (Lipinski definition) is 8. The summed E-state index contributed by atoms with van der Waals surface area (Å²) < 4.78 is 6.70. The Hall–Kier alpha value is -3.11. The number of piperazine rings is 1. The second-order valence-electron chi connectivity index (χ2n) is 12.7. The molecule has 4 aliphatic rings. The molecule has 0 spiro atoms. The molecule has 3 aliphatic heterocycles. The summed E-state index contributed by atoms with van der Waals surface area (Å²) in [5, 5.41) is 6.13. The number of carbonyl (C=O) groups excluding carboxylic acids is 3. The van der Waals surface area contributed by atoms with Gasteiger partial charge in [-0.3, -0.25) is 19.3 Å². The molecule has 4 heterocycles. The molecular formula is C32H38BrN6O4S+. The van der Waals surface area contributed by atoms with Crippen LogP contribution in [0.25, 0.3) is 16.1 Å². The minimum Gasteiger partial charge on any atom is -0.358 e. The second kappa shape index (κ2) is 11.7. The third-order valence-corrected chi connectivity index (χ3v) is 10.7. The first-order valence-electron chi connectivity index (χ1n) is 15.0. The Morgan fingerprint density at radius 1 is 1.23 bits per heavy atom. The number of Topliss-reactive ketones (excluding diaryl/α,β-unsaturated/α-hetero) is 1. The van der Waals surface area contributed by atoms with Gasteiger partial charge in [0.25, 0.3) is 24.2 Å². The molecule has 1 N–H and O–H groups in total. The van der Waals surface area contributed by atoms with Crippen molar-refractivity contribution in [2.24, 2.45) is 17.8 Å². The van der Waals surface area contributed by atoms with E-state index in [0.29, 0.717) is 12.0 Å². The first-order chi connectivity index (χ1) is 21.0. The van der Waals surface area contributed by atoms with Crippen molar-refractivity contribution in [2.45, 2.75) is 44.5 Å². The van der Waals surface area contributed by atoms with Crippen molar-refractivity contribution in [3.05, 3.63) is 50.6 Å². The molecule has 232 valence electrons. The van der Waals surface area contributed by atoms with Crippen LogP contribution in [0, 0.1) is 24.3 Å². The number of carbonyl (C=O) groups is 3. The molecule has 3 saturated heterocycles.